The van der Waals surface area contributed by atoms with Crippen molar-refractivity contribution in [3.63, 3.8) is 0 Å². The molecule has 0 radical (unpaired) electrons. The molecule has 0 saturated heterocycles. The van der Waals surface area contributed by atoms with Gasteiger partial charge in [-0.15, -0.1) is 22.7 Å². The lowest BCUT2D eigenvalue weighted by Gasteiger charge is -2.15. The molecule has 6 heterocycles. The Labute approximate surface area is 726 Å². The Balaban J connectivity index is 0.000000105. The van der Waals surface area contributed by atoms with E-state index in [9.17, 15) is 0 Å². The van der Waals surface area contributed by atoms with E-state index in [2.05, 4.69) is 334 Å². The average Bonchev–Trinajstić information content (AvgIpc) is 1.74. The maximum Gasteiger partial charge on any atom is 0.143 e. The van der Waals surface area contributed by atoms with Crippen LogP contribution < -0.4 is 0 Å². The third-order valence-electron chi connectivity index (χ3n) is 24.4. The number of thiophene rings is 2. The molecular formula is C116H70N6OS2. The molecule has 6 aromatic heterocycles. The smallest absolute Gasteiger partial charge is 0.143 e. The van der Waals surface area contributed by atoms with Gasteiger partial charge in [0.1, 0.15) is 11.2 Å². The van der Waals surface area contributed by atoms with E-state index in [1.165, 1.54) is 100 Å². The van der Waals surface area contributed by atoms with Crippen LogP contribution in [0.3, 0.4) is 0 Å². The van der Waals surface area contributed by atoms with Gasteiger partial charge < -0.3 is 4.42 Å². The van der Waals surface area contributed by atoms with Crippen molar-refractivity contribution in [3.8, 4) is 101 Å². The Morgan fingerprint density at radius 3 is 1.06 bits per heavy atom. The van der Waals surface area contributed by atoms with Crippen molar-refractivity contribution in [2.75, 3.05) is 0 Å². The summed E-state index contributed by atoms with van der Waals surface area (Å²) in [5.74, 6) is 0. The molecule has 0 aliphatic heterocycles. The molecule has 0 unspecified atom stereocenters. The summed E-state index contributed by atoms with van der Waals surface area (Å²) >= 11 is 3.76. The maximum atomic E-state index is 6.24. The molecule has 0 aliphatic carbocycles. The fourth-order valence-electron chi connectivity index (χ4n) is 18.2. The molecule has 0 atom stereocenters. The van der Waals surface area contributed by atoms with Crippen LogP contribution in [0.1, 0.15) is 0 Å². The summed E-state index contributed by atoms with van der Waals surface area (Å²) in [5.41, 5.74) is 26.1. The van der Waals surface area contributed by atoms with Crippen LogP contribution in [0.15, 0.2) is 429 Å². The van der Waals surface area contributed by atoms with Gasteiger partial charge in [0.05, 0.1) is 67.3 Å². The van der Waals surface area contributed by atoms with Crippen molar-refractivity contribution in [2.45, 2.75) is 0 Å². The lowest BCUT2D eigenvalue weighted by molar-refractivity contribution is 0.672. The van der Waals surface area contributed by atoms with Crippen molar-refractivity contribution < 1.29 is 4.42 Å². The minimum atomic E-state index is 0.886. The van der Waals surface area contributed by atoms with E-state index in [1.807, 2.05) is 114 Å². The second-order valence-corrected chi connectivity index (χ2v) is 33.9. The van der Waals surface area contributed by atoms with E-state index in [0.717, 1.165) is 150 Å². The molecule has 125 heavy (non-hydrogen) atoms. The largest absolute Gasteiger partial charge is 0.455 e. The van der Waals surface area contributed by atoms with Crippen LogP contribution in [0.25, 0.3) is 250 Å². The molecule has 0 fully saturated rings. The van der Waals surface area contributed by atoms with Crippen molar-refractivity contribution in [3.05, 3.63) is 425 Å². The van der Waals surface area contributed by atoms with E-state index in [-0.39, 0.29) is 0 Å². The third kappa shape index (κ3) is 13.0. The first-order valence-electron chi connectivity index (χ1n) is 42.1. The Morgan fingerprint density at radius 1 is 0.176 bits per heavy atom. The summed E-state index contributed by atoms with van der Waals surface area (Å²) < 4.78 is 11.6. The van der Waals surface area contributed by atoms with Gasteiger partial charge in [0.15, 0.2) is 0 Å². The summed E-state index contributed by atoms with van der Waals surface area (Å²) in [7, 11) is 0. The summed E-state index contributed by atoms with van der Waals surface area (Å²) in [5, 5.41) is 19.7. The Hall–Kier alpha value is -16.0. The van der Waals surface area contributed by atoms with Crippen LogP contribution in [0.4, 0.5) is 0 Å². The predicted octanol–water partition coefficient (Wildman–Crippen LogP) is 32.3. The molecule has 20 aromatic carbocycles. The van der Waals surface area contributed by atoms with E-state index >= 15 is 0 Å². The zero-order valence-electron chi connectivity index (χ0n) is 67.3. The van der Waals surface area contributed by atoms with Crippen LogP contribution in [-0.4, -0.2) is 29.9 Å². The molecule has 26 aromatic rings. The highest BCUT2D eigenvalue weighted by Gasteiger charge is 2.22. The molecule has 26 rings (SSSR count). The first kappa shape index (κ1) is 72.9. The van der Waals surface area contributed by atoms with Crippen LogP contribution in [0.5, 0.6) is 0 Å². The molecule has 0 N–H and O–H groups in total. The van der Waals surface area contributed by atoms with Gasteiger partial charge in [0, 0.05) is 95.3 Å². The van der Waals surface area contributed by atoms with E-state index < -0.39 is 0 Å². The first-order chi connectivity index (χ1) is 61.9. The first-order valence-corrected chi connectivity index (χ1v) is 43.7. The minimum absolute atomic E-state index is 0.886. The number of benzene rings is 20. The standard InChI is InChI=1S/2C40H24N2S.C36H22N2O/c1-2-10-25(11-3-1)38-39(42-36-16-8-7-15-35(36)41-38)33-23-22-28(30-12-4-5-13-31(30)33)26-18-20-29-27(24-26)19-21-34-32-14-6-9-17-37(32)43-40(29)34;1-2-9-27(10-3-1)37-38(42-39-31-11-5-4-8-26(31)20-23-35(39)41-37)28-16-14-25(15-17-28)29-18-21-32-30(24-29)19-22-34-33-12-6-7-13-36(33)43-40(32)34;1-2-8-24(9-3-1)34-35(38-32-12-6-5-11-31(32)37-34)25-16-14-23(15-17-25)26-18-20-28-27(22-26)19-21-30-29-10-4-7-13-33(29)39-36(28)30/h2*1-24H;1-22H. The number of aromatic nitrogens is 6. The number of rotatable bonds is 9. The number of furan rings is 1. The minimum Gasteiger partial charge on any atom is -0.455 e. The van der Waals surface area contributed by atoms with Gasteiger partial charge in [0.2, 0.25) is 0 Å². The predicted molar refractivity (Wildman–Crippen MR) is 528 cm³/mol. The molecule has 0 amide bonds. The summed E-state index contributed by atoms with van der Waals surface area (Å²) in [6.07, 6.45) is 0. The summed E-state index contributed by atoms with van der Waals surface area (Å²) in [6, 6.07) is 150. The Kier molecular flexibility index (Phi) is 17.8. The van der Waals surface area contributed by atoms with Crippen LogP contribution >= 0.6 is 22.7 Å². The molecular weight excluding hydrogens is 1560 g/mol. The van der Waals surface area contributed by atoms with Gasteiger partial charge >= 0.3 is 0 Å². The lowest BCUT2D eigenvalue weighted by Crippen LogP contribution is -1.96. The van der Waals surface area contributed by atoms with Crippen molar-refractivity contribution in [1.82, 2.24) is 29.9 Å². The Morgan fingerprint density at radius 2 is 0.520 bits per heavy atom. The highest BCUT2D eigenvalue weighted by Crippen LogP contribution is 2.46. The fraction of sp³-hybridized carbons (Fsp3) is 0. The van der Waals surface area contributed by atoms with E-state index in [1.54, 1.807) is 0 Å². The van der Waals surface area contributed by atoms with Crippen molar-refractivity contribution >= 4 is 172 Å². The second kappa shape index (κ2) is 30.6. The number of hydrogen-bond acceptors (Lipinski definition) is 9. The molecule has 9 heteroatoms. The van der Waals surface area contributed by atoms with Crippen molar-refractivity contribution in [2.24, 2.45) is 0 Å². The maximum absolute atomic E-state index is 6.24. The summed E-state index contributed by atoms with van der Waals surface area (Å²) in [6.45, 7) is 0. The fourth-order valence-corrected chi connectivity index (χ4v) is 20.7. The zero-order chi connectivity index (χ0) is 82.4. The van der Waals surface area contributed by atoms with Gasteiger partial charge in [-0.25, -0.2) is 29.9 Å². The monoisotopic (exact) mass is 1630 g/mol. The highest BCUT2D eigenvalue weighted by atomic mass is 32.1. The van der Waals surface area contributed by atoms with Crippen LogP contribution in [0.2, 0.25) is 0 Å². The number of fused-ring (bicyclic) bond motifs is 21. The topological polar surface area (TPSA) is 90.5 Å². The normalized spacial score (nSPS) is 11.7. The second-order valence-electron chi connectivity index (χ2n) is 31.8. The molecule has 0 aliphatic rings. The van der Waals surface area contributed by atoms with Gasteiger partial charge in [-0.1, -0.05) is 346 Å². The molecule has 0 saturated carbocycles. The summed E-state index contributed by atoms with van der Waals surface area (Å²) in [4.78, 5) is 30.8. The molecule has 582 valence electrons. The number of nitrogens with zero attached hydrogens (tertiary/aromatic N) is 6. The highest BCUT2D eigenvalue weighted by molar-refractivity contribution is 7.27. The third-order valence-corrected chi connectivity index (χ3v) is 26.8. The number of para-hydroxylation sites is 5. The lowest BCUT2D eigenvalue weighted by atomic mass is 9.91. The van der Waals surface area contributed by atoms with Crippen molar-refractivity contribution in [1.29, 1.82) is 0 Å². The zero-order valence-corrected chi connectivity index (χ0v) is 69.0. The quantitative estimate of drug-likeness (QED) is 0.133. The van der Waals surface area contributed by atoms with E-state index in [4.69, 9.17) is 34.3 Å². The van der Waals surface area contributed by atoms with Gasteiger partial charge in [-0.05, 0) is 155 Å². The van der Waals surface area contributed by atoms with Crippen LogP contribution in [-0.2, 0) is 0 Å². The molecule has 7 nitrogen and oxygen atoms in total. The van der Waals surface area contributed by atoms with Gasteiger partial charge in [-0.2, -0.15) is 0 Å². The Bertz CT molecular complexity index is 8790. The van der Waals surface area contributed by atoms with Crippen LogP contribution in [0, 0.1) is 0 Å². The van der Waals surface area contributed by atoms with E-state index in [0.29, 0.717) is 0 Å². The average molecular weight is 1630 g/mol. The molecule has 0 bridgehead atoms. The van der Waals surface area contributed by atoms with Gasteiger partial charge in [0.25, 0.3) is 0 Å². The van der Waals surface area contributed by atoms with Gasteiger partial charge in [-0.3, -0.25) is 0 Å². The SMILES string of the molecule is c1ccc(-c2nc3ccc4ccccc4c3nc2-c2ccc(-c3ccc4c(ccc5c6ccccc6sc45)c3)cc2)cc1.c1ccc(-c2nc3ccccc3nc2-c2ccc(-c3ccc4c(ccc5c6ccccc6oc45)c3)cc2)cc1.c1ccc(-c2nc3ccccc3nc2-c2ccc(-c3ccc4c(ccc5c6ccccc6sc45)c3)c3ccccc23)cc1. The number of hydrogen-bond donors (Lipinski definition) is 0. The molecule has 0 spiro atoms.